The summed E-state index contributed by atoms with van der Waals surface area (Å²) in [7, 11) is -0.988. The smallest absolute Gasteiger partial charge is 0.337 e. The lowest BCUT2D eigenvalue weighted by atomic mass is 10.2. The van der Waals surface area contributed by atoms with E-state index in [1.165, 1.54) is 50.6 Å². The molecule has 0 heterocycles. The molecule has 2 aromatic rings. The summed E-state index contributed by atoms with van der Waals surface area (Å²) in [4.78, 5) is 11.4. The first-order chi connectivity index (χ1) is 10.5. The van der Waals surface area contributed by atoms with Gasteiger partial charge in [0.1, 0.15) is 5.75 Å². The number of hydrogen-bond donors (Lipinski definition) is 1. The Balaban J connectivity index is 2.23. The maximum absolute atomic E-state index is 12.3. The summed E-state index contributed by atoms with van der Waals surface area (Å²) in [6.07, 6.45) is 0. The van der Waals surface area contributed by atoms with Crippen LogP contribution >= 0.6 is 0 Å². The van der Waals surface area contributed by atoms with Gasteiger partial charge in [-0.2, -0.15) is 0 Å². The van der Waals surface area contributed by atoms with Gasteiger partial charge in [0.25, 0.3) is 10.0 Å². The molecule has 1 N–H and O–H groups in total. The lowest BCUT2D eigenvalue weighted by Gasteiger charge is -2.09. The SMILES string of the molecule is COC(=O)c1ccc(NS(=O)(=O)c2cccc(OC)c2)cc1. The molecule has 0 spiro atoms. The molecule has 0 atom stereocenters. The minimum atomic E-state index is -3.73. The van der Waals surface area contributed by atoms with Crippen molar-refractivity contribution >= 4 is 21.7 Å². The number of benzene rings is 2. The monoisotopic (exact) mass is 321 g/mol. The first-order valence-electron chi connectivity index (χ1n) is 6.31. The number of esters is 1. The molecule has 0 saturated carbocycles. The molecule has 2 aromatic carbocycles. The Kier molecular flexibility index (Phi) is 4.67. The van der Waals surface area contributed by atoms with Crippen LogP contribution in [-0.4, -0.2) is 28.6 Å². The van der Waals surface area contributed by atoms with Gasteiger partial charge in [-0.3, -0.25) is 4.72 Å². The maximum atomic E-state index is 12.3. The van der Waals surface area contributed by atoms with Gasteiger partial charge in [0.2, 0.25) is 0 Å². The van der Waals surface area contributed by atoms with Crippen molar-refractivity contribution in [2.45, 2.75) is 4.90 Å². The first-order valence-corrected chi connectivity index (χ1v) is 7.80. The van der Waals surface area contributed by atoms with Crippen molar-refractivity contribution in [3.8, 4) is 5.75 Å². The summed E-state index contributed by atoms with van der Waals surface area (Å²) in [6, 6.07) is 12.1. The summed E-state index contributed by atoms with van der Waals surface area (Å²) >= 11 is 0. The van der Waals surface area contributed by atoms with E-state index in [-0.39, 0.29) is 4.90 Å². The van der Waals surface area contributed by atoms with Gasteiger partial charge in [0, 0.05) is 11.8 Å². The van der Waals surface area contributed by atoms with Crippen LogP contribution in [0.25, 0.3) is 0 Å². The highest BCUT2D eigenvalue weighted by molar-refractivity contribution is 7.92. The van der Waals surface area contributed by atoms with Gasteiger partial charge in [0.15, 0.2) is 0 Å². The minimum Gasteiger partial charge on any atom is -0.497 e. The standard InChI is InChI=1S/C15H15NO5S/c1-20-13-4-3-5-14(10-13)22(18,19)16-12-8-6-11(7-9-12)15(17)21-2/h3-10,16H,1-2H3. The summed E-state index contributed by atoms with van der Waals surface area (Å²) in [6.45, 7) is 0. The van der Waals surface area contributed by atoms with Crippen LogP contribution in [0, 0.1) is 0 Å². The van der Waals surface area contributed by atoms with Gasteiger partial charge < -0.3 is 9.47 Å². The third-order valence-electron chi connectivity index (χ3n) is 2.91. The van der Waals surface area contributed by atoms with Crippen molar-refractivity contribution in [3.05, 3.63) is 54.1 Å². The van der Waals surface area contributed by atoms with Crippen molar-refractivity contribution in [2.24, 2.45) is 0 Å². The summed E-state index contributed by atoms with van der Waals surface area (Å²) in [5, 5.41) is 0. The quantitative estimate of drug-likeness (QED) is 0.854. The second-order valence-corrected chi connectivity index (χ2v) is 6.04. The number of carbonyl (C=O) groups excluding carboxylic acids is 1. The molecule has 2 rings (SSSR count). The fourth-order valence-electron chi connectivity index (χ4n) is 1.77. The first kappa shape index (κ1) is 15.8. The second-order valence-electron chi connectivity index (χ2n) is 4.35. The molecule has 0 bridgehead atoms. The van der Waals surface area contributed by atoms with Crippen LogP contribution in [0.4, 0.5) is 5.69 Å². The third-order valence-corrected chi connectivity index (χ3v) is 4.29. The minimum absolute atomic E-state index is 0.0869. The average Bonchev–Trinajstić information content (AvgIpc) is 2.54. The second kappa shape index (κ2) is 6.48. The van der Waals surface area contributed by atoms with Crippen molar-refractivity contribution < 1.29 is 22.7 Å². The van der Waals surface area contributed by atoms with Gasteiger partial charge in [0.05, 0.1) is 24.7 Å². The zero-order valence-corrected chi connectivity index (χ0v) is 12.9. The topological polar surface area (TPSA) is 81.7 Å². The zero-order chi connectivity index (χ0) is 16.2. The molecular weight excluding hydrogens is 306 g/mol. The largest absolute Gasteiger partial charge is 0.497 e. The molecule has 0 aliphatic carbocycles. The fourth-order valence-corrected chi connectivity index (χ4v) is 2.87. The molecule has 0 unspecified atom stereocenters. The van der Waals surface area contributed by atoms with E-state index < -0.39 is 16.0 Å². The highest BCUT2D eigenvalue weighted by Crippen LogP contribution is 2.20. The lowest BCUT2D eigenvalue weighted by molar-refractivity contribution is 0.0601. The summed E-state index contributed by atoms with van der Waals surface area (Å²) in [5.41, 5.74) is 0.683. The van der Waals surface area contributed by atoms with Crippen molar-refractivity contribution in [2.75, 3.05) is 18.9 Å². The van der Waals surface area contributed by atoms with Gasteiger partial charge >= 0.3 is 5.97 Å². The van der Waals surface area contributed by atoms with E-state index in [0.29, 0.717) is 17.0 Å². The van der Waals surface area contributed by atoms with Crippen LogP contribution in [0.5, 0.6) is 5.75 Å². The van der Waals surface area contributed by atoms with E-state index in [4.69, 9.17) is 4.74 Å². The predicted molar refractivity (Wildman–Crippen MR) is 81.6 cm³/mol. The highest BCUT2D eigenvalue weighted by Gasteiger charge is 2.15. The molecule has 7 heteroatoms. The number of sulfonamides is 1. The van der Waals surface area contributed by atoms with Crippen LogP contribution in [0.2, 0.25) is 0 Å². The summed E-state index contributed by atoms with van der Waals surface area (Å²) in [5.74, 6) is -0.0360. The van der Waals surface area contributed by atoms with E-state index in [9.17, 15) is 13.2 Å². The normalized spacial score (nSPS) is 10.8. The molecule has 6 nitrogen and oxygen atoms in total. The van der Waals surface area contributed by atoms with Crippen molar-refractivity contribution in [1.82, 2.24) is 0 Å². The van der Waals surface area contributed by atoms with Crippen molar-refractivity contribution in [1.29, 1.82) is 0 Å². The van der Waals surface area contributed by atoms with Gasteiger partial charge in [-0.05, 0) is 36.4 Å². The summed E-state index contributed by atoms with van der Waals surface area (Å²) < 4.78 is 36.6. The van der Waals surface area contributed by atoms with E-state index in [1.54, 1.807) is 12.1 Å². The third kappa shape index (κ3) is 3.56. The Labute approximate surface area is 128 Å². The van der Waals surface area contributed by atoms with Crippen LogP contribution in [0.3, 0.4) is 0 Å². The van der Waals surface area contributed by atoms with E-state index >= 15 is 0 Å². The molecular formula is C15H15NO5S. The Bertz CT molecular complexity index is 769. The molecule has 22 heavy (non-hydrogen) atoms. The highest BCUT2D eigenvalue weighted by atomic mass is 32.2. The number of anilines is 1. The fraction of sp³-hybridized carbons (Fsp3) is 0.133. The molecule has 0 fully saturated rings. The number of nitrogens with one attached hydrogen (secondary N) is 1. The molecule has 0 amide bonds. The molecule has 0 aliphatic heterocycles. The number of methoxy groups -OCH3 is 2. The van der Waals surface area contributed by atoms with Crippen LogP contribution < -0.4 is 9.46 Å². The Morgan fingerprint density at radius 3 is 2.32 bits per heavy atom. The lowest BCUT2D eigenvalue weighted by Crippen LogP contribution is -2.13. The number of rotatable bonds is 5. The van der Waals surface area contributed by atoms with Crippen LogP contribution in [0.1, 0.15) is 10.4 Å². The van der Waals surface area contributed by atoms with E-state index in [0.717, 1.165) is 0 Å². The molecule has 0 aliphatic rings. The van der Waals surface area contributed by atoms with Crippen LogP contribution in [0.15, 0.2) is 53.4 Å². The Morgan fingerprint density at radius 1 is 1.05 bits per heavy atom. The maximum Gasteiger partial charge on any atom is 0.337 e. The number of carbonyl (C=O) groups is 1. The Morgan fingerprint density at radius 2 is 1.73 bits per heavy atom. The number of hydrogen-bond acceptors (Lipinski definition) is 5. The van der Waals surface area contributed by atoms with Gasteiger partial charge in [-0.15, -0.1) is 0 Å². The molecule has 116 valence electrons. The molecule has 0 saturated heterocycles. The molecule has 0 radical (unpaired) electrons. The Hall–Kier alpha value is -2.54. The van der Waals surface area contributed by atoms with E-state index in [2.05, 4.69) is 9.46 Å². The molecule has 0 aromatic heterocycles. The van der Waals surface area contributed by atoms with Gasteiger partial charge in [-0.25, -0.2) is 13.2 Å². The van der Waals surface area contributed by atoms with E-state index in [1.807, 2.05) is 0 Å². The van der Waals surface area contributed by atoms with Gasteiger partial charge in [-0.1, -0.05) is 6.07 Å². The number of ether oxygens (including phenoxy) is 2. The average molecular weight is 321 g/mol. The predicted octanol–water partition coefficient (Wildman–Crippen LogP) is 2.28. The van der Waals surface area contributed by atoms with Crippen molar-refractivity contribution in [3.63, 3.8) is 0 Å². The zero-order valence-electron chi connectivity index (χ0n) is 12.1. The van der Waals surface area contributed by atoms with Crippen LogP contribution in [-0.2, 0) is 14.8 Å².